The van der Waals surface area contributed by atoms with E-state index in [0.29, 0.717) is 12.5 Å². The summed E-state index contributed by atoms with van der Waals surface area (Å²) in [7, 11) is 1.55. The fourth-order valence-electron chi connectivity index (χ4n) is 3.07. The number of nitrogens with one attached hydrogen (secondary N) is 2. The van der Waals surface area contributed by atoms with E-state index in [4.69, 9.17) is 0 Å². The zero-order valence-electron chi connectivity index (χ0n) is 12.9. The molecule has 0 spiro atoms. The van der Waals surface area contributed by atoms with Gasteiger partial charge in [0.05, 0.1) is 6.54 Å². The molecule has 22 heavy (non-hydrogen) atoms. The molecule has 2 rings (SSSR count). The van der Waals surface area contributed by atoms with Crippen LogP contribution in [0.5, 0.6) is 0 Å². The highest BCUT2D eigenvalue weighted by atomic mass is 127. The third kappa shape index (κ3) is 5.51. The predicted octanol–water partition coefficient (Wildman–Crippen LogP) is 1.83. The number of aliphatic imine (C=N–C) groups is 1. The van der Waals surface area contributed by atoms with E-state index in [1.807, 2.05) is 4.90 Å². The maximum absolute atomic E-state index is 12.3. The summed E-state index contributed by atoms with van der Waals surface area (Å²) in [4.78, 5) is 18.1. The van der Waals surface area contributed by atoms with Crippen LogP contribution in [0.25, 0.3) is 0 Å². The van der Waals surface area contributed by atoms with Crippen LogP contribution in [0.4, 0.5) is 8.78 Å². The number of hydrogen-bond acceptors (Lipinski definition) is 2. The molecule has 1 saturated heterocycles. The number of halogens is 3. The number of guanidine groups is 1. The van der Waals surface area contributed by atoms with Crippen LogP contribution in [0, 0.1) is 5.92 Å². The van der Waals surface area contributed by atoms with Gasteiger partial charge in [-0.1, -0.05) is 12.8 Å². The van der Waals surface area contributed by atoms with Crippen molar-refractivity contribution < 1.29 is 13.6 Å². The van der Waals surface area contributed by atoms with Gasteiger partial charge in [-0.3, -0.25) is 9.79 Å². The van der Waals surface area contributed by atoms with Crippen LogP contribution < -0.4 is 10.6 Å². The molecule has 1 atom stereocenters. The van der Waals surface area contributed by atoms with Crippen molar-refractivity contribution in [2.45, 2.75) is 44.6 Å². The number of carbonyl (C=O) groups is 1. The van der Waals surface area contributed by atoms with Crippen molar-refractivity contribution in [3.05, 3.63) is 0 Å². The van der Waals surface area contributed by atoms with Gasteiger partial charge in [0.2, 0.25) is 5.91 Å². The Balaban J connectivity index is 0.00000242. The van der Waals surface area contributed by atoms with Crippen molar-refractivity contribution >= 4 is 35.8 Å². The Hall–Kier alpha value is -0.670. The molecule has 2 aliphatic rings. The molecule has 0 aromatic heterocycles. The number of nitrogens with zero attached hydrogens (tertiary/aromatic N) is 2. The SMILES string of the molecule is CN=C(NCC(F)F)NC1CCN(C(=O)C2CCCC2)C1.I. The lowest BCUT2D eigenvalue weighted by Gasteiger charge is -2.21. The molecule has 8 heteroatoms. The number of carbonyl (C=O) groups excluding carboxylic acids is 1. The first-order valence-corrected chi connectivity index (χ1v) is 7.64. The molecule has 0 aromatic carbocycles. The van der Waals surface area contributed by atoms with Gasteiger partial charge in [0.1, 0.15) is 0 Å². The molecule has 1 unspecified atom stereocenters. The van der Waals surface area contributed by atoms with Gasteiger partial charge in [0.15, 0.2) is 5.96 Å². The van der Waals surface area contributed by atoms with Crippen molar-refractivity contribution in [1.82, 2.24) is 15.5 Å². The molecule has 1 aliphatic carbocycles. The van der Waals surface area contributed by atoms with Crippen LogP contribution in [0.1, 0.15) is 32.1 Å². The summed E-state index contributed by atoms with van der Waals surface area (Å²) in [5.41, 5.74) is 0. The van der Waals surface area contributed by atoms with Crippen LogP contribution in [0.15, 0.2) is 4.99 Å². The Kier molecular flexibility index (Phi) is 8.34. The molecule has 0 radical (unpaired) electrons. The normalized spacial score (nSPS) is 22.8. The summed E-state index contributed by atoms with van der Waals surface area (Å²) in [5.74, 6) is 0.822. The lowest BCUT2D eigenvalue weighted by molar-refractivity contribution is -0.134. The average Bonchev–Trinajstić information content (AvgIpc) is 3.13. The molecule has 0 bridgehead atoms. The van der Waals surface area contributed by atoms with Crippen molar-refractivity contribution in [2.75, 3.05) is 26.7 Å². The molecule has 0 aromatic rings. The minimum Gasteiger partial charge on any atom is -0.352 e. The number of amides is 1. The van der Waals surface area contributed by atoms with E-state index in [9.17, 15) is 13.6 Å². The molecular weight excluding hydrogens is 405 g/mol. The third-order valence-corrected chi connectivity index (χ3v) is 4.19. The molecule has 1 aliphatic heterocycles. The second kappa shape index (κ2) is 9.46. The minimum atomic E-state index is -2.41. The maximum Gasteiger partial charge on any atom is 0.255 e. The lowest BCUT2D eigenvalue weighted by atomic mass is 10.1. The van der Waals surface area contributed by atoms with Crippen LogP contribution in [0.2, 0.25) is 0 Å². The first kappa shape index (κ1) is 19.4. The van der Waals surface area contributed by atoms with E-state index in [2.05, 4.69) is 15.6 Å². The summed E-state index contributed by atoms with van der Waals surface area (Å²) >= 11 is 0. The van der Waals surface area contributed by atoms with Gasteiger partial charge in [-0.15, -0.1) is 24.0 Å². The van der Waals surface area contributed by atoms with Crippen molar-refractivity contribution in [2.24, 2.45) is 10.9 Å². The fourth-order valence-corrected chi connectivity index (χ4v) is 3.07. The third-order valence-electron chi connectivity index (χ3n) is 4.19. The Bertz CT molecular complexity index is 389. The van der Waals surface area contributed by atoms with Crippen LogP contribution in [-0.2, 0) is 4.79 Å². The number of alkyl halides is 2. The number of hydrogen-bond donors (Lipinski definition) is 2. The number of rotatable bonds is 4. The highest BCUT2D eigenvalue weighted by Crippen LogP contribution is 2.27. The zero-order chi connectivity index (χ0) is 15.2. The van der Waals surface area contributed by atoms with Gasteiger partial charge in [-0.25, -0.2) is 8.78 Å². The Morgan fingerprint density at radius 3 is 2.59 bits per heavy atom. The molecular formula is C14H25F2IN4O. The Morgan fingerprint density at radius 1 is 1.32 bits per heavy atom. The minimum absolute atomic E-state index is 0. The van der Waals surface area contributed by atoms with E-state index in [1.54, 1.807) is 7.05 Å². The van der Waals surface area contributed by atoms with E-state index in [-0.39, 0.29) is 41.8 Å². The van der Waals surface area contributed by atoms with Crippen LogP contribution in [-0.4, -0.2) is 55.9 Å². The molecule has 1 heterocycles. The molecule has 128 valence electrons. The molecule has 2 fully saturated rings. The van der Waals surface area contributed by atoms with Crippen LogP contribution >= 0.6 is 24.0 Å². The van der Waals surface area contributed by atoms with Gasteiger partial charge < -0.3 is 15.5 Å². The van der Waals surface area contributed by atoms with Gasteiger partial charge in [-0.2, -0.15) is 0 Å². The highest BCUT2D eigenvalue weighted by Gasteiger charge is 2.32. The largest absolute Gasteiger partial charge is 0.352 e. The van der Waals surface area contributed by atoms with E-state index in [1.165, 1.54) is 0 Å². The lowest BCUT2D eigenvalue weighted by Crippen LogP contribution is -2.46. The molecule has 2 N–H and O–H groups in total. The van der Waals surface area contributed by atoms with Crippen molar-refractivity contribution in [3.63, 3.8) is 0 Å². The topological polar surface area (TPSA) is 56.7 Å². The highest BCUT2D eigenvalue weighted by molar-refractivity contribution is 14.0. The average molecular weight is 430 g/mol. The zero-order valence-corrected chi connectivity index (χ0v) is 15.2. The molecule has 5 nitrogen and oxygen atoms in total. The van der Waals surface area contributed by atoms with Gasteiger partial charge in [0, 0.05) is 32.1 Å². The summed E-state index contributed by atoms with van der Waals surface area (Å²) in [6.07, 6.45) is 2.73. The summed E-state index contributed by atoms with van der Waals surface area (Å²) < 4.78 is 24.4. The van der Waals surface area contributed by atoms with Crippen molar-refractivity contribution in [3.8, 4) is 0 Å². The first-order chi connectivity index (χ1) is 10.1. The summed E-state index contributed by atoms with van der Waals surface area (Å²) in [6, 6.07) is 0.0826. The smallest absolute Gasteiger partial charge is 0.255 e. The van der Waals surface area contributed by atoms with E-state index in [0.717, 1.165) is 38.6 Å². The van der Waals surface area contributed by atoms with E-state index < -0.39 is 13.0 Å². The second-order valence-corrected chi connectivity index (χ2v) is 5.74. The number of likely N-dealkylation sites (tertiary alicyclic amines) is 1. The molecule has 1 saturated carbocycles. The standard InChI is InChI=1S/C14H24F2N4O.HI/c1-17-14(18-8-12(15)16)19-11-6-7-20(9-11)13(21)10-4-2-3-5-10;/h10-12H,2-9H2,1H3,(H2,17,18,19);1H. The van der Waals surface area contributed by atoms with Crippen LogP contribution in [0.3, 0.4) is 0 Å². The summed E-state index contributed by atoms with van der Waals surface area (Å²) in [5, 5.41) is 5.69. The quantitative estimate of drug-likeness (QED) is 0.407. The fraction of sp³-hybridized carbons (Fsp3) is 0.857. The maximum atomic E-state index is 12.3. The Morgan fingerprint density at radius 2 is 2.00 bits per heavy atom. The first-order valence-electron chi connectivity index (χ1n) is 7.64. The van der Waals surface area contributed by atoms with Gasteiger partial charge in [-0.05, 0) is 19.3 Å². The second-order valence-electron chi connectivity index (χ2n) is 5.74. The monoisotopic (exact) mass is 430 g/mol. The Labute approximate surface area is 147 Å². The van der Waals surface area contributed by atoms with Crippen molar-refractivity contribution in [1.29, 1.82) is 0 Å². The van der Waals surface area contributed by atoms with Gasteiger partial charge >= 0.3 is 0 Å². The van der Waals surface area contributed by atoms with E-state index >= 15 is 0 Å². The molecule has 1 amide bonds. The van der Waals surface area contributed by atoms with Gasteiger partial charge in [0.25, 0.3) is 6.43 Å². The predicted molar refractivity (Wildman–Crippen MR) is 92.9 cm³/mol. The summed E-state index contributed by atoms with van der Waals surface area (Å²) in [6.45, 7) is 0.945.